The number of nitrogens with one attached hydrogen (secondary N) is 1. The normalized spacial score (nSPS) is 30.7. The topological polar surface area (TPSA) is 41.6 Å². The minimum Gasteiger partial charge on any atom is -0.383 e. The average molecular weight is 286 g/mol. The molecule has 0 radical (unpaired) electrons. The van der Waals surface area contributed by atoms with Crippen LogP contribution >= 0.6 is 11.8 Å². The Kier molecular flexibility index (Phi) is 5.54. The van der Waals surface area contributed by atoms with E-state index in [0.717, 1.165) is 44.5 Å². The number of hydrogen-bond donors (Lipinski definition) is 1. The number of amides is 1. The molecule has 0 aromatic carbocycles. The molecule has 2 fully saturated rings. The number of thioether (sulfide) groups is 1. The van der Waals surface area contributed by atoms with Crippen molar-refractivity contribution in [3.63, 3.8) is 0 Å². The summed E-state index contributed by atoms with van der Waals surface area (Å²) < 4.78 is 5.19. The second-order valence-electron chi connectivity index (χ2n) is 5.47. The van der Waals surface area contributed by atoms with E-state index in [2.05, 4.69) is 17.1 Å². The quantitative estimate of drug-likeness (QED) is 0.803. The molecule has 2 heterocycles. The maximum atomic E-state index is 13.0. The first-order valence-corrected chi connectivity index (χ1v) is 8.52. The molecule has 0 aromatic heterocycles. The van der Waals surface area contributed by atoms with Crippen LogP contribution in [0.4, 0.5) is 0 Å². The summed E-state index contributed by atoms with van der Waals surface area (Å²) >= 11 is 1.96. The summed E-state index contributed by atoms with van der Waals surface area (Å²) in [5.41, 5.74) is -0.305. The van der Waals surface area contributed by atoms with E-state index < -0.39 is 0 Å². The number of ether oxygens (including phenoxy) is 1. The average Bonchev–Trinajstić information content (AvgIpc) is 3.11. The van der Waals surface area contributed by atoms with Crippen LogP contribution in [0.5, 0.6) is 0 Å². The summed E-state index contributed by atoms with van der Waals surface area (Å²) in [5, 5.41) is 3.46. The number of rotatable bonds is 6. The minimum absolute atomic E-state index is 0.303. The predicted octanol–water partition coefficient (Wildman–Crippen LogP) is 1.50. The van der Waals surface area contributed by atoms with Crippen molar-refractivity contribution in [3.05, 3.63) is 0 Å². The van der Waals surface area contributed by atoms with Gasteiger partial charge in [-0.15, -0.1) is 0 Å². The van der Waals surface area contributed by atoms with Gasteiger partial charge in [-0.05, 0) is 38.0 Å². The number of carbonyl (C=O) groups is 1. The highest BCUT2D eigenvalue weighted by Crippen LogP contribution is 2.29. The van der Waals surface area contributed by atoms with E-state index in [4.69, 9.17) is 4.74 Å². The monoisotopic (exact) mass is 286 g/mol. The van der Waals surface area contributed by atoms with Gasteiger partial charge in [0.2, 0.25) is 5.91 Å². The zero-order chi connectivity index (χ0) is 13.7. The van der Waals surface area contributed by atoms with Gasteiger partial charge in [0.05, 0.1) is 12.1 Å². The highest BCUT2D eigenvalue weighted by Gasteiger charge is 2.43. The Hall–Kier alpha value is -0.260. The van der Waals surface area contributed by atoms with Crippen molar-refractivity contribution >= 4 is 17.7 Å². The van der Waals surface area contributed by atoms with Gasteiger partial charge in [-0.2, -0.15) is 11.8 Å². The second kappa shape index (κ2) is 6.95. The van der Waals surface area contributed by atoms with Crippen molar-refractivity contribution < 1.29 is 9.53 Å². The third kappa shape index (κ3) is 3.26. The van der Waals surface area contributed by atoms with Crippen LogP contribution in [0.3, 0.4) is 0 Å². The smallest absolute Gasteiger partial charge is 0.243 e. The fourth-order valence-corrected chi connectivity index (χ4v) is 4.35. The molecule has 0 aromatic rings. The van der Waals surface area contributed by atoms with E-state index in [9.17, 15) is 4.79 Å². The van der Waals surface area contributed by atoms with Gasteiger partial charge in [-0.3, -0.25) is 4.79 Å². The molecule has 2 rings (SSSR count). The first-order chi connectivity index (χ1) is 9.23. The lowest BCUT2D eigenvalue weighted by Crippen LogP contribution is -2.57. The maximum absolute atomic E-state index is 13.0. The molecule has 19 heavy (non-hydrogen) atoms. The molecule has 0 saturated carbocycles. The van der Waals surface area contributed by atoms with Crippen molar-refractivity contribution in [2.24, 2.45) is 0 Å². The molecule has 1 N–H and O–H groups in total. The van der Waals surface area contributed by atoms with Gasteiger partial charge in [0.1, 0.15) is 0 Å². The van der Waals surface area contributed by atoms with E-state index in [0.29, 0.717) is 18.6 Å². The molecule has 0 bridgehead atoms. The standard InChI is InChI=1S/C14H26N2O2S/c1-3-14(6-4-7-15-14)13(17)16(8-9-18-2)12-5-10-19-11-12/h12,15H,3-11H2,1-2H3. The van der Waals surface area contributed by atoms with Gasteiger partial charge in [0.25, 0.3) is 0 Å². The Morgan fingerprint density at radius 1 is 1.58 bits per heavy atom. The van der Waals surface area contributed by atoms with Crippen LogP contribution in [0.15, 0.2) is 0 Å². The number of methoxy groups -OCH3 is 1. The van der Waals surface area contributed by atoms with E-state index >= 15 is 0 Å². The molecule has 0 aliphatic carbocycles. The lowest BCUT2D eigenvalue weighted by atomic mass is 9.91. The summed E-state index contributed by atoms with van der Waals surface area (Å²) in [4.78, 5) is 15.1. The Labute approximate surface area is 120 Å². The van der Waals surface area contributed by atoms with Gasteiger partial charge < -0.3 is 15.0 Å². The van der Waals surface area contributed by atoms with Gasteiger partial charge >= 0.3 is 0 Å². The van der Waals surface area contributed by atoms with Crippen molar-refractivity contribution in [1.29, 1.82) is 0 Å². The molecular formula is C14H26N2O2S. The molecule has 0 spiro atoms. The molecule has 2 saturated heterocycles. The number of nitrogens with zero attached hydrogens (tertiary/aromatic N) is 1. The zero-order valence-electron chi connectivity index (χ0n) is 12.1. The molecule has 5 heteroatoms. The summed E-state index contributed by atoms with van der Waals surface area (Å²) in [5.74, 6) is 2.56. The predicted molar refractivity (Wildman–Crippen MR) is 79.6 cm³/mol. The molecule has 4 nitrogen and oxygen atoms in total. The van der Waals surface area contributed by atoms with Crippen LogP contribution in [0.1, 0.15) is 32.6 Å². The van der Waals surface area contributed by atoms with Crippen molar-refractivity contribution in [3.8, 4) is 0 Å². The number of hydrogen-bond acceptors (Lipinski definition) is 4. The third-order valence-corrected chi connectivity index (χ3v) is 5.55. The van der Waals surface area contributed by atoms with Gasteiger partial charge in [-0.25, -0.2) is 0 Å². The molecule has 2 aliphatic rings. The lowest BCUT2D eigenvalue weighted by molar-refractivity contribution is -0.140. The highest BCUT2D eigenvalue weighted by molar-refractivity contribution is 7.99. The largest absolute Gasteiger partial charge is 0.383 e. The Bertz CT molecular complexity index is 300. The first kappa shape index (κ1) is 15.1. The minimum atomic E-state index is -0.305. The van der Waals surface area contributed by atoms with Gasteiger partial charge in [-0.1, -0.05) is 6.92 Å². The van der Waals surface area contributed by atoms with E-state index in [-0.39, 0.29) is 5.54 Å². The van der Waals surface area contributed by atoms with Crippen LogP contribution in [-0.4, -0.2) is 60.7 Å². The lowest BCUT2D eigenvalue weighted by Gasteiger charge is -2.37. The molecule has 1 amide bonds. The van der Waals surface area contributed by atoms with Crippen LogP contribution in [-0.2, 0) is 9.53 Å². The molecule has 2 aliphatic heterocycles. The Morgan fingerprint density at radius 3 is 2.95 bits per heavy atom. The molecule has 110 valence electrons. The van der Waals surface area contributed by atoms with Crippen molar-refractivity contribution in [2.45, 2.75) is 44.2 Å². The summed E-state index contributed by atoms with van der Waals surface area (Å²) in [6, 6.07) is 0.401. The Balaban J connectivity index is 2.09. The summed E-state index contributed by atoms with van der Waals surface area (Å²) in [6.45, 7) is 4.45. The van der Waals surface area contributed by atoms with E-state index in [1.807, 2.05) is 11.8 Å². The van der Waals surface area contributed by atoms with Crippen LogP contribution in [0.25, 0.3) is 0 Å². The van der Waals surface area contributed by atoms with E-state index in [1.54, 1.807) is 7.11 Å². The molecule has 2 unspecified atom stereocenters. The molecular weight excluding hydrogens is 260 g/mol. The first-order valence-electron chi connectivity index (χ1n) is 7.36. The fraction of sp³-hybridized carbons (Fsp3) is 0.929. The highest BCUT2D eigenvalue weighted by atomic mass is 32.2. The summed E-state index contributed by atoms with van der Waals surface area (Å²) in [7, 11) is 1.70. The van der Waals surface area contributed by atoms with Crippen molar-refractivity contribution in [1.82, 2.24) is 10.2 Å². The third-order valence-electron chi connectivity index (χ3n) is 4.40. The van der Waals surface area contributed by atoms with Crippen molar-refractivity contribution in [2.75, 3.05) is 38.3 Å². The van der Waals surface area contributed by atoms with Crippen LogP contribution in [0.2, 0.25) is 0 Å². The van der Waals surface area contributed by atoms with Gasteiger partial charge in [0, 0.05) is 25.4 Å². The van der Waals surface area contributed by atoms with E-state index in [1.165, 1.54) is 5.75 Å². The molecule has 2 atom stereocenters. The van der Waals surface area contributed by atoms with Crippen LogP contribution < -0.4 is 5.32 Å². The van der Waals surface area contributed by atoms with Crippen LogP contribution in [0, 0.1) is 0 Å². The Morgan fingerprint density at radius 2 is 2.42 bits per heavy atom. The SMILES string of the molecule is CCC1(C(=O)N(CCOC)C2CCSC2)CCCN1. The zero-order valence-corrected chi connectivity index (χ0v) is 12.9. The number of carbonyl (C=O) groups excluding carboxylic acids is 1. The maximum Gasteiger partial charge on any atom is 0.243 e. The second-order valence-corrected chi connectivity index (χ2v) is 6.62. The fourth-order valence-electron chi connectivity index (χ4n) is 3.12. The van der Waals surface area contributed by atoms with Gasteiger partial charge in [0.15, 0.2) is 0 Å². The summed E-state index contributed by atoms with van der Waals surface area (Å²) in [6.07, 6.45) is 4.10.